The van der Waals surface area contributed by atoms with Crippen molar-refractivity contribution in [1.82, 2.24) is 0 Å². The number of nitrogens with two attached hydrogens (primary N) is 1. The van der Waals surface area contributed by atoms with Gasteiger partial charge in [-0.1, -0.05) is 12.1 Å². The van der Waals surface area contributed by atoms with Gasteiger partial charge in [0.05, 0.1) is 5.69 Å². The molecule has 1 unspecified atom stereocenters. The molecule has 2 N–H and O–H groups in total. The highest BCUT2D eigenvalue weighted by atomic mass is 19.1. The predicted molar refractivity (Wildman–Crippen MR) is 65.0 cm³/mol. The van der Waals surface area contributed by atoms with Gasteiger partial charge in [-0.05, 0) is 38.8 Å². The summed E-state index contributed by atoms with van der Waals surface area (Å²) < 4.78 is 13.8. The topological polar surface area (TPSA) is 29.3 Å². The number of halogens is 1. The first-order valence-electron chi connectivity index (χ1n) is 5.81. The second kappa shape index (κ2) is 4.06. The maximum absolute atomic E-state index is 13.8. The standard InChI is InChI=1S/C13H19FN2/c1-13(2)12(15)8-5-9-16(13)11-7-4-3-6-10(11)14/h3-4,6-7,12H,5,8-9,15H2,1-2H3. The van der Waals surface area contributed by atoms with E-state index in [0.29, 0.717) is 5.69 Å². The minimum atomic E-state index is -0.180. The van der Waals surface area contributed by atoms with Gasteiger partial charge in [0.2, 0.25) is 0 Å². The van der Waals surface area contributed by atoms with Gasteiger partial charge in [0, 0.05) is 18.1 Å². The fourth-order valence-corrected chi connectivity index (χ4v) is 2.41. The first-order valence-corrected chi connectivity index (χ1v) is 5.81. The zero-order valence-corrected chi connectivity index (χ0v) is 9.91. The molecule has 0 saturated carbocycles. The molecule has 1 atom stereocenters. The fourth-order valence-electron chi connectivity index (χ4n) is 2.41. The van der Waals surface area contributed by atoms with Crippen molar-refractivity contribution in [1.29, 1.82) is 0 Å². The Morgan fingerprint density at radius 3 is 2.75 bits per heavy atom. The van der Waals surface area contributed by atoms with E-state index in [-0.39, 0.29) is 17.4 Å². The summed E-state index contributed by atoms with van der Waals surface area (Å²) in [5.41, 5.74) is 6.62. The molecular weight excluding hydrogens is 203 g/mol. The summed E-state index contributed by atoms with van der Waals surface area (Å²) in [6.07, 6.45) is 2.04. The number of nitrogens with zero attached hydrogens (tertiary/aromatic N) is 1. The molecule has 2 rings (SSSR count). The Morgan fingerprint density at radius 2 is 2.06 bits per heavy atom. The third kappa shape index (κ3) is 1.80. The van der Waals surface area contributed by atoms with Gasteiger partial charge in [0.25, 0.3) is 0 Å². The first kappa shape index (κ1) is 11.4. The summed E-state index contributed by atoms with van der Waals surface area (Å²) in [5, 5.41) is 0. The highest BCUT2D eigenvalue weighted by Crippen LogP contribution is 2.33. The zero-order valence-electron chi connectivity index (χ0n) is 9.91. The molecule has 0 radical (unpaired) electrons. The number of rotatable bonds is 1. The number of hydrogen-bond acceptors (Lipinski definition) is 2. The SMILES string of the molecule is CC1(C)C(N)CCCN1c1ccccc1F. The predicted octanol–water partition coefficient (Wildman–Crippen LogP) is 2.53. The summed E-state index contributed by atoms with van der Waals surface area (Å²) in [4.78, 5) is 2.09. The normalized spacial score (nSPS) is 24.5. The van der Waals surface area contributed by atoms with Gasteiger partial charge in [-0.3, -0.25) is 0 Å². The van der Waals surface area contributed by atoms with Crippen LogP contribution in [-0.2, 0) is 0 Å². The lowest BCUT2D eigenvalue weighted by molar-refractivity contribution is 0.307. The first-order chi connectivity index (χ1) is 7.53. The van der Waals surface area contributed by atoms with Crippen LogP contribution in [0.25, 0.3) is 0 Å². The van der Waals surface area contributed by atoms with Gasteiger partial charge < -0.3 is 10.6 Å². The molecule has 0 amide bonds. The van der Waals surface area contributed by atoms with Crippen molar-refractivity contribution < 1.29 is 4.39 Å². The molecule has 1 aromatic rings. The molecule has 0 aliphatic carbocycles. The number of benzene rings is 1. The van der Waals surface area contributed by atoms with E-state index in [9.17, 15) is 4.39 Å². The van der Waals surface area contributed by atoms with Crippen molar-refractivity contribution in [3.8, 4) is 0 Å². The Kier molecular flexibility index (Phi) is 2.89. The van der Waals surface area contributed by atoms with E-state index in [0.717, 1.165) is 19.4 Å². The molecule has 1 heterocycles. The van der Waals surface area contributed by atoms with E-state index < -0.39 is 0 Å². The van der Waals surface area contributed by atoms with Crippen LogP contribution in [0.3, 0.4) is 0 Å². The lowest BCUT2D eigenvalue weighted by Crippen LogP contribution is -2.60. The number of hydrogen-bond donors (Lipinski definition) is 1. The molecule has 1 saturated heterocycles. The van der Waals surface area contributed by atoms with Gasteiger partial charge in [0.1, 0.15) is 5.82 Å². The van der Waals surface area contributed by atoms with Gasteiger partial charge in [-0.15, -0.1) is 0 Å². The Balaban J connectivity index is 2.36. The van der Waals surface area contributed by atoms with Crippen molar-refractivity contribution in [2.24, 2.45) is 5.73 Å². The lowest BCUT2D eigenvalue weighted by Gasteiger charge is -2.48. The summed E-state index contributed by atoms with van der Waals surface area (Å²) >= 11 is 0. The fraction of sp³-hybridized carbons (Fsp3) is 0.538. The maximum Gasteiger partial charge on any atom is 0.146 e. The Morgan fingerprint density at radius 1 is 1.38 bits per heavy atom. The molecular formula is C13H19FN2. The molecule has 1 fully saturated rings. The molecule has 0 spiro atoms. The number of anilines is 1. The minimum Gasteiger partial charge on any atom is -0.362 e. The third-order valence-corrected chi connectivity index (χ3v) is 3.64. The molecule has 1 aromatic carbocycles. The van der Waals surface area contributed by atoms with Crippen LogP contribution in [0.5, 0.6) is 0 Å². The lowest BCUT2D eigenvalue weighted by atomic mass is 9.85. The van der Waals surface area contributed by atoms with Crippen LogP contribution < -0.4 is 10.6 Å². The molecule has 2 nitrogen and oxygen atoms in total. The van der Waals surface area contributed by atoms with Crippen molar-refractivity contribution in [3.63, 3.8) is 0 Å². The Hall–Kier alpha value is -1.09. The molecule has 16 heavy (non-hydrogen) atoms. The van der Waals surface area contributed by atoms with Crippen molar-refractivity contribution in [2.75, 3.05) is 11.4 Å². The Labute approximate surface area is 96.2 Å². The van der Waals surface area contributed by atoms with E-state index >= 15 is 0 Å². The summed E-state index contributed by atoms with van der Waals surface area (Å²) in [7, 11) is 0. The van der Waals surface area contributed by atoms with Crippen molar-refractivity contribution >= 4 is 5.69 Å². The number of piperidine rings is 1. The van der Waals surface area contributed by atoms with Gasteiger partial charge >= 0.3 is 0 Å². The van der Waals surface area contributed by atoms with Crippen LogP contribution in [-0.4, -0.2) is 18.1 Å². The average Bonchev–Trinajstić information content (AvgIpc) is 2.24. The van der Waals surface area contributed by atoms with E-state index in [1.165, 1.54) is 6.07 Å². The molecule has 3 heteroatoms. The van der Waals surface area contributed by atoms with Gasteiger partial charge in [-0.25, -0.2) is 4.39 Å². The summed E-state index contributed by atoms with van der Waals surface area (Å²) in [6.45, 7) is 5.05. The van der Waals surface area contributed by atoms with Crippen molar-refractivity contribution in [2.45, 2.75) is 38.3 Å². The highest BCUT2D eigenvalue weighted by molar-refractivity contribution is 5.51. The zero-order chi connectivity index (χ0) is 11.8. The van der Waals surface area contributed by atoms with E-state index in [1.54, 1.807) is 6.07 Å². The second-order valence-corrected chi connectivity index (χ2v) is 5.01. The minimum absolute atomic E-state index is 0.0980. The quantitative estimate of drug-likeness (QED) is 0.791. The molecule has 1 aliphatic heterocycles. The van der Waals surface area contributed by atoms with Gasteiger partial charge in [0.15, 0.2) is 0 Å². The average molecular weight is 222 g/mol. The highest BCUT2D eigenvalue weighted by Gasteiger charge is 2.37. The van der Waals surface area contributed by atoms with Crippen LogP contribution in [0.2, 0.25) is 0 Å². The van der Waals surface area contributed by atoms with Crippen LogP contribution in [0, 0.1) is 5.82 Å². The van der Waals surface area contributed by atoms with E-state index in [2.05, 4.69) is 18.7 Å². The summed E-state index contributed by atoms with van der Waals surface area (Å²) in [5.74, 6) is -0.162. The molecule has 88 valence electrons. The molecule has 1 aliphatic rings. The van der Waals surface area contributed by atoms with Crippen molar-refractivity contribution in [3.05, 3.63) is 30.1 Å². The second-order valence-electron chi connectivity index (χ2n) is 5.01. The van der Waals surface area contributed by atoms with Crippen LogP contribution in [0.4, 0.5) is 10.1 Å². The molecule has 0 bridgehead atoms. The van der Waals surface area contributed by atoms with E-state index in [4.69, 9.17) is 5.73 Å². The monoisotopic (exact) mass is 222 g/mol. The number of para-hydroxylation sites is 1. The van der Waals surface area contributed by atoms with Crippen LogP contribution in [0.1, 0.15) is 26.7 Å². The summed E-state index contributed by atoms with van der Waals surface area (Å²) in [6, 6.07) is 7.02. The van der Waals surface area contributed by atoms with Gasteiger partial charge in [-0.2, -0.15) is 0 Å². The molecule has 0 aromatic heterocycles. The Bertz CT molecular complexity index is 376. The largest absolute Gasteiger partial charge is 0.362 e. The van der Waals surface area contributed by atoms with Crippen LogP contribution in [0.15, 0.2) is 24.3 Å². The maximum atomic E-state index is 13.8. The third-order valence-electron chi connectivity index (χ3n) is 3.64. The smallest absolute Gasteiger partial charge is 0.146 e. The van der Waals surface area contributed by atoms with Crippen LogP contribution >= 0.6 is 0 Å². The van der Waals surface area contributed by atoms with E-state index in [1.807, 2.05) is 12.1 Å².